The summed E-state index contributed by atoms with van der Waals surface area (Å²) < 4.78 is 0. The molecule has 0 radical (unpaired) electrons. The maximum absolute atomic E-state index is 4.07. The molecule has 2 N–H and O–H groups in total. The minimum absolute atomic E-state index is 0. The van der Waals surface area contributed by atoms with Crippen molar-refractivity contribution in [1.29, 1.82) is 0 Å². The van der Waals surface area contributed by atoms with E-state index in [-0.39, 0.29) is 24.8 Å². The highest BCUT2D eigenvalue weighted by atomic mass is 35.5. The van der Waals surface area contributed by atoms with Gasteiger partial charge in [-0.25, -0.2) is 0 Å². The molecule has 0 aliphatic rings. The van der Waals surface area contributed by atoms with Crippen LogP contribution in [0.4, 0.5) is 0 Å². The summed E-state index contributed by atoms with van der Waals surface area (Å²) in [6.07, 6.45) is 0. The maximum atomic E-state index is 4.07. The zero-order chi connectivity index (χ0) is 7.66. The van der Waals surface area contributed by atoms with Gasteiger partial charge < -0.3 is 10.6 Å². The molecule has 0 saturated carbocycles. The lowest BCUT2D eigenvalue weighted by atomic mass is 10.5. The molecular formula is C6H18Cl2N2S2. The van der Waals surface area contributed by atoms with Crippen molar-refractivity contribution in [3.8, 4) is 0 Å². The first-order valence-electron chi connectivity index (χ1n) is 3.55. The summed E-state index contributed by atoms with van der Waals surface area (Å²) in [5.74, 6) is 1.82. The van der Waals surface area contributed by atoms with E-state index in [4.69, 9.17) is 0 Å². The lowest BCUT2D eigenvalue weighted by Crippen LogP contribution is -2.29. The fourth-order valence-corrected chi connectivity index (χ4v) is 0.901. The minimum atomic E-state index is 0. The Kier molecular flexibility index (Phi) is 28.5. The van der Waals surface area contributed by atoms with Crippen LogP contribution in [0, 0.1) is 0 Å². The van der Waals surface area contributed by atoms with E-state index >= 15 is 0 Å². The van der Waals surface area contributed by atoms with Gasteiger partial charge in [0.05, 0.1) is 0 Å². The largest absolute Gasteiger partial charge is 0.315 e. The SMILES string of the molecule is Cl.Cl.SCCNCCNCCS. The molecule has 78 valence electrons. The van der Waals surface area contributed by atoms with Gasteiger partial charge in [-0.1, -0.05) is 0 Å². The maximum Gasteiger partial charge on any atom is 0.00770 e. The van der Waals surface area contributed by atoms with Gasteiger partial charge in [-0.05, 0) is 0 Å². The van der Waals surface area contributed by atoms with Crippen LogP contribution in [0.3, 0.4) is 0 Å². The van der Waals surface area contributed by atoms with E-state index in [0.717, 1.165) is 37.7 Å². The molecule has 6 heteroatoms. The Morgan fingerprint density at radius 3 is 1.25 bits per heavy atom. The van der Waals surface area contributed by atoms with Crippen LogP contribution in [0.25, 0.3) is 0 Å². The molecule has 0 amide bonds. The van der Waals surface area contributed by atoms with Crippen LogP contribution in [0.2, 0.25) is 0 Å². The molecule has 0 fully saturated rings. The van der Waals surface area contributed by atoms with Crippen LogP contribution in [0.5, 0.6) is 0 Å². The van der Waals surface area contributed by atoms with Crippen LogP contribution in [-0.4, -0.2) is 37.7 Å². The lowest BCUT2D eigenvalue weighted by molar-refractivity contribution is 0.646. The quantitative estimate of drug-likeness (QED) is 0.400. The molecule has 0 heterocycles. The smallest absolute Gasteiger partial charge is 0.00770 e. The fraction of sp³-hybridized carbons (Fsp3) is 1.00. The highest BCUT2D eigenvalue weighted by molar-refractivity contribution is 7.80. The van der Waals surface area contributed by atoms with Crippen LogP contribution in [0.15, 0.2) is 0 Å². The molecule has 0 aromatic carbocycles. The molecule has 0 rings (SSSR count). The Bertz CT molecular complexity index is 61.5. The average Bonchev–Trinajstić information content (AvgIpc) is 1.97. The average molecular weight is 253 g/mol. The van der Waals surface area contributed by atoms with E-state index in [1.807, 2.05) is 0 Å². The number of hydrogen-bond donors (Lipinski definition) is 4. The van der Waals surface area contributed by atoms with E-state index in [2.05, 4.69) is 35.9 Å². The van der Waals surface area contributed by atoms with Crippen molar-refractivity contribution in [3.05, 3.63) is 0 Å². The van der Waals surface area contributed by atoms with Crippen molar-refractivity contribution in [3.63, 3.8) is 0 Å². The highest BCUT2D eigenvalue weighted by Crippen LogP contribution is 1.69. The van der Waals surface area contributed by atoms with Gasteiger partial charge in [0, 0.05) is 37.7 Å². The van der Waals surface area contributed by atoms with Gasteiger partial charge in [-0.3, -0.25) is 0 Å². The van der Waals surface area contributed by atoms with Gasteiger partial charge in [0.1, 0.15) is 0 Å². The van der Waals surface area contributed by atoms with Gasteiger partial charge >= 0.3 is 0 Å². The van der Waals surface area contributed by atoms with Crippen LogP contribution in [0.1, 0.15) is 0 Å². The highest BCUT2D eigenvalue weighted by Gasteiger charge is 1.84. The standard InChI is InChI=1S/C6H16N2S2.2ClH/c9-5-3-7-1-2-8-4-6-10;;/h7-10H,1-6H2;2*1H. The monoisotopic (exact) mass is 252 g/mol. The second kappa shape index (κ2) is 18.1. The predicted octanol–water partition coefficient (Wildman–Crippen LogP) is 0.869. The summed E-state index contributed by atoms with van der Waals surface area (Å²) in [5.41, 5.74) is 0. The third kappa shape index (κ3) is 17.3. The molecule has 0 aromatic heterocycles. The Hall–Kier alpha value is 1.20. The molecule has 0 aromatic rings. The molecule has 12 heavy (non-hydrogen) atoms. The van der Waals surface area contributed by atoms with Crippen LogP contribution in [-0.2, 0) is 0 Å². The third-order valence-corrected chi connectivity index (χ3v) is 1.50. The molecular weight excluding hydrogens is 235 g/mol. The molecule has 0 spiro atoms. The number of thiol groups is 2. The summed E-state index contributed by atoms with van der Waals surface area (Å²) in [4.78, 5) is 0. The van der Waals surface area contributed by atoms with E-state index < -0.39 is 0 Å². The molecule has 0 atom stereocenters. The van der Waals surface area contributed by atoms with Crippen molar-refractivity contribution in [2.45, 2.75) is 0 Å². The Labute approximate surface area is 98.3 Å². The number of hydrogen-bond acceptors (Lipinski definition) is 4. The van der Waals surface area contributed by atoms with Crippen molar-refractivity contribution >= 4 is 50.1 Å². The zero-order valence-corrected chi connectivity index (χ0v) is 10.4. The summed E-state index contributed by atoms with van der Waals surface area (Å²) in [5, 5.41) is 6.46. The van der Waals surface area contributed by atoms with Crippen molar-refractivity contribution in [2.75, 3.05) is 37.7 Å². The second-order valence-corrected chi connectivity index (χ2v) is 2.84. The fourth-order valence-electron chi connectivity index (χ4n) is 0.585. The first-order chi connectivity index (χ1) is 4.91. The van der Waals surface area contributed by atoms with Gasteiger partial charge in [0.2, 0.25) is 0 Å². The zero-order valence-electron chi connectivity index (χ0n) is 6.95. The van der Waals surface area contributed by atoms with E-state index in [1.165, 1.54) is 0 Å². The van der Waals surface area contributed by atoms with Gasteiger partial charge in [0.25, 0.3) is 0 Å². The lowest BCUT2D eigenvalue weighted by Gasteiger charge is -2.02. The summed E-state index contributed by atoms with van der Waals surface area (Å²) in [7, 11) is 0. The van der Waals surface area contributed by atoms with Crippen molar-refractivity contribution in [1.82, 2.24) is 10.6 Å². The normalized spacial score (nSPS) is 8.50. The van der Waals surface area contributed by atoms with E-state index in [0.29, 0.717) is 0 Å². The number of halogens is 2. The first-order valence-corrected chi connectivity index (χ1v) is 4.81. The molecule has 0 bridgehead atoms. The topological polar surface area (TPSA) is 24.1 Å². The van der Waals surface area contributed by atoms with Crippen molar-refractivity contribution < 1.29 is 0 Å². The number of rotatable bonds is 7. The Balaban J connectivity index is -0.000000405. The Morgan fingerprint density at radius 1 is 0.667 bits per heavy atom. The van der Waals surface area contributed by atoms with Crippen LogP contribution >= 0.6 is 50.1 Å². The molecule has 0 aliphatic heterocycles. The number of nitrogens with one attached hydrogen (secondary N) is 2. The van der Waals surface area contributed by atoms with Crippen LogP contribution < -0.4 is 10.6 Å². The summed E-state index contributed by atoms with van der Waals surface area (Å²) in [6, 6.07) is 0. The summed E-state index contributed by atoms with van der Waals surface area (Å²) in [6.45, 7) is 4.03. The van der Waals surface area contributed by atoms with Gasteiger partial charge in [-0.2, -0.15) is 25.3 Å². The minimum Gasteiger partial charge on any atom is -0.315 e. The predicted molar refractivity (Wildman–Crippen MR) is 67.9 cm³/mol. The van der Waals surface area contributed by atoms with Crippen molar-refractivity contribution in [2.24, 2.45) is 0 Å². The summed E-state index contributed by atoms with van der Waals surface area (Å²) >= 11 is 8.14. The van der Waals surface area contributed by atoms with Gasteiger partial charge in [-0.15, -0.1) is 24.8 Å². The van der Waals surface area contributed by atoms with E-state index in [1.54, 1.807) is 0 Å². The Morgan fingerprint density at radius 2 is 1.00 bits per heavy atom. The molecule has 0 saturated heterocycles. The molecule has 2 nitrogen and oxygen atoms in total. The molecule has 0 unspecified atom stereocenters. The molecule has 0 aliphatic carbocycles. The van der Waals surface area contributed by atoms with Gasteiger partial charge in [0.15, 0.2) is 0 Å². The van der Waals surface area contributed by atoms with E-state index in [9.17, 15) is 0 Å². The first kappa shape index (κ1) is 18.9. The second-order valence-electron chi connectivity index (χ2n) is 1.95. The third-order valence-electron chi connectivity index (χ3n) is 1.06.